The van der Waals surface area contributed by atoms with E-state index >= 15 is 0 Å². The van der Waals surface area contributed by atoms with Crippen molar-refractivity contribution in [3.63, 3.8) is 0 Å². The molecule has 1 aliphatic carbocycles. The number of hydrogen-bond acceptors (Lipinski definition) is 5. The maximum absolute atomic E-state index is 10.9. The number of carbonyl (C=O) groups excluding carboxylic acids is 1. The zero-order valence-corrected chi connectivity index (χ0v) is 12.7. The highest BCUT2D eigenvalue weighted by Crippen LogP contribution is 2.55. The minimum absolute atomic E-state index is 0.169. The summed E-state index contributed by atoms with van der Waals surface area (Å²) in [4.78, 5) is 15.0. The van der Waals surface area contributed by atoms with E-state index in [1.54, 1.807) is 13.2 Å². The maximum atomic E-state index is 10.9. The summed E-state index contributed by atoms with van der Waals surface area (Å²) < 4.78 is 17.3. The summed E-state index contributed by atoms with van der Waals surface area (Å²) in [5.41, 5.74) is 0.178. The molecule has 6 heteroatoms. The van der Waals surface area contributed by atoms with Gasteiger partial charge in [-0.15, -0.1) is 0 Å². The van der Waals surface area contributed by atoms with Gasteiger partial charge in [-0.3, -0.25) is 0 Å². The fourth-order valence-corrected chi connectivity index (χ4v) is 3.65. The van der Waals surface area contributed by atoms with E-state index in [4.69, 9.17) is 14.2 Å². The average molecular weight is 340 g/mol. The molecule has 1 aromatic carbocycles. The van der Waals surface area contributed by atoms with Crippen LogP contribution in [-0.2, 0) is 10.3 Å². The molecule has 0 saturated heterocycles. The Hall–Kier alpha value is -1.52. The van der Waals surface area contributed by atoms with Crippen molar-refractivity contribution in [2.45, 2.75) is 31.2 Å². The first-order valence-corrected chi connectivity index (χ1v) is 7.27. The van der Waals surface area contributed by atoms with Gasteiger partial charge >= 0.3 is 0 Å². The van der Waals surface area contributed by atoms with Crippen molar-refractivity contribution >= 4 is 22.0 Å². The standard InChI is InChI=1S/C14H14BrNO4/c1-18-12-9(15)6-10-13(20-8-19-10)11(12)14(16-7-17)4-2-3-5-14/h6H,2-5,8H2,1H3. The lowest BCUT2D eigenvalue weighted by Gasteiger charge is -2.26. The van der Waals surface area contributed by atoms with Gasteiger partial charge in [-0.2, -0.15) is 4.99 Å². The number of ether oxygens (including phenoxy) is 3. The first-order chi connectivity index (χ1) is 9.72. The van der Waals surface area contributed by atoms with Gasteiger partial charge in [0.25, 0.3) is 0 Å². The van der Waals surface area contributed by atoms with Crippen molar-refractivity contribution < 1.29 is 19.0 Å². The van der Waals surface area contributed by atoms with Crippen molar-refractivity contribution in [1.29, 1.82) is 0 Å². The van der Waals surface area contributed by atoms with E-state index in [1.165, 1.54) is 0 Å². The van der Waals surface area contributed by atoms with Crippen molar-refractivity contribution in [1.82, 2.24) is 0 Å². The van der Waals surface area contributed by atoms with E-state index in [9.17, 15) is 4.79 Å². The van der Waals surface area contributed by atoms with Gasteiger partial charge in [-0.25, -0.2) is 4.79 Å². The fraction of sp³-hybridized carbons (Fsp3) is 0.500. The lowest BCUT2D eigenvalue weighted by molar-refractivity contribution is 0.171. The van der Waals surface area contributed by atoms with E-state index in [2.05, 4.69) is 20.9 Å². The second kappa shape index (κ2) is 5.11. The topological polar surface area (TPSA) is 57.1 Å². The molecule has 0 amide bonds. The Morgan fingerprint density at radius 2 is 2.15 bits per heavy atom. The van der Waals surface area contributed by atoms with E-state index in [0.29, 0.717) is 17.2 Å². The van der Waals surface area contributed by atoms with Gasteiger partial charge in [0.2, 0.25) is 12.9 Å². The Balaban J connectivity index is 2.28. The van der Waals surface area contributed by atoms with Crippen molar-refractivity contribution in [2.75, 3.05) is 13.9 Å². The number of halogens is 1. The Morgan fingerprint density at radius 1 is 1.40 bits per heavy atom. The minimum Gasteiger partial charge on any atom is -0.495 e. The molecule has 5 nitrogen and oxygen atoms in total. The quantitative estimate of drug-likeness (QED) is 0.626. The Labute approximate surface area is 125 Å². The highest BCUT2D eigenvalue weighted by atomic mass is 79.9. The Kier molecular flexibility index (Phi) is 3.44. The highest BCUT2D eigenvalue weighted by molar-refractivity contribution is 9.10. The van der Waals surface area contributed by atoms with Crippen LogP contribution in [0.25, 0.3) is 0 Å². The van der Waals surface area contributed by atoms with Crippen LogP contribution in [0.1, 0.15) is 31.2 Å². The molecule has 1 heterocycles. The normalized spacial score (nSPS) is 18.7. The van der Waals surface area contributed by atoms with Gasteiger partial charge in [0, 0.05) is 6.07 Å². The summed E-state index contributed by atoms with van der Waals surface area (Å²) in [5.74, 6) is 1.93. The van der Waals surface area contributed by atoms with Crippen LogP contribution in [-0.4, -0.2) is 20.0 Å². The number of methoxy groups -OCH3 is 1. The molecule has 1 fully saturated rings. The number of fused-ring (bicyclic) bond motifs is 1. The van der Waals surface area contributed by atoms with Crippen LogP contribution in [0.2, 0.25) is 0 Å². The minimum atomic E-state index is -0.616. The van der Waals surface area contributed by atoms with Crippen LogP contribution in [0.15, 0.2) is 15.5 Å². The lowest BCUT2D eigenvalue weighted by Crippen LogP contribution is -2.21. The summed E-state index contributed by atoms with van der Waals surface area (Å²) >= 11 is 3.48. The zero-order chi connectivity index (χ0) is 14.2. The van der Waals surface area contributed by atoms with Crippen LogP contribution in [0.4, 0.5) is 0 Å². The predicted molar refractivity (Wildman–Crippen MR) is 75.1 cm³/mol. The van der Waals surface area contributed by atoms with Crippen LogP contribution in [0.5, 0.6) is 17.2 Å². The fourth-order valence-electron chi connectivity index (χ4n) is 3.08. The third kappa shape index (κ3) is 1.91. The van der Waals surface area contributed by atoms with Crippen molar-refractivity contribution in [2.24, 2.45) is 4.99 Å². The van der Waals surface area contributed by atoms with Gasteiger partial charge in [0.05, 0.1) is 17.1 Å². The molecule has 1 aromatic rings. The summed E-state index contributed by atoms with van der Waals surface area (Å²) in [6, 6.07) is 1.82. The number of benzene rings is 1. The zero-order valence-electron chi connectivity index (χ0n) is 11.1. The molecule has 0 unspecified atom stereocenters. The molecule has 0 spiro atoms. The Bertz CT molecular complexity index is 586. The lowest BCUT2D eigenvalue weighted by atomic mass is 9.87. The first kappa shape index (κ1) is 13.5. The summed E-state index contributed by atoms with van der Waals surface area (Å²) in [5, 5.41) is 0. The summed E-state index contributed by atoms with van der Waals surface area (Å²) in [6.45, 7) is 0.169. The number of aliphatic imine (C=N–C) groups is 1. The predicted octanol–water partition coefficient (Wildman–Crippen LogP) is 3.29. The van der Waals surface area contributed by atoms with Gasteiger partial charge in [0.1, 0.15) is 11.3 Å². The van der Waals surface area contributed by atoms with Gasteiger partial charge in [-0.1, -0.05) is 12.8 Å². The molecule has 1 saturated carbocycles. The molecule has 2 aliphatic rings. The van der Waals surface area contributed by atoms with Gasteiger partial charge in [-0.05, 0) is 28.8 Å². The number of hydrogen-bond donors (Lipinski definition) is 0. The number of nitrogens with zero attached hydrogens (tertiary/aromatic N) is 1. The van der Waals surface area contributed by atoms with Gasteiger partial charge < -0.3 is 14.2 Å². The number of rotatable bonds is 3. The van der Waals surface area contributed by atoms with E-state index in [1.807, 2.05) is 6.07 Å². The molecule has 0 N–H and O–H groups in total. The second-order valence-electron chi connectivity index (χ2n) is 4.94. The maximum Gasteiger partial charge on any atom is 0.235 e. The summed E-state index contributed by atoms with van der Waals surface area (Å²) in [7, 11) is 1.60. The van der Waals surface area contributed by atoms with Crippen molar-refractivity contribution in [3.05, 3.63) is 16.1 Å². The molecule has 0 atom stereocenters. The van der Waals surface area contributed by atoms with Crippen LogP contribution >= 0.6 is 15.9 Å². The monoisotopic (exact) mass is 339 g/mol. The van der Waals surface area contributed by atoms with Gasteiger partial charge in [0.15, 0.2) is 11.5 Å². The second-order valence-corrected chi connectivity index (χ2v) is 5.80. The molecule has 1 aliphatic heterocycles. The molecule has 106 valence electrons. The molecular weight excluding hydrogens is 326 g/mol. The number of isocyanates is 1. The molecular formula is C14H14BrNO4. The van der Waals surface area contributed by atoms with Crippen LogP contribution < -0.4 is 14.2 Å². The molecule has 20 heavy (non-hydrogen) atoms. The third-order valence-corrected chi connectivity index (χ3v) is 4.52. The third-order valence-electron chi connectivity index (χ3n) is 3.93. The van der Waals surface area contributed by atoms with Crippen LogP contribution in [0, 0.1) is 0 Å². The highest BCUT2D eigenvalue weighted by Gasteiger charge is 2.43. The van der Waals surface area contributed by atoms with E-state index < -0.39 is 5.54 Å². The molecule has 0 radical (unpaired) electrons. The first-order valence-electron chi connectivity index (χ1n) is 6.47. The van der Waals surface area contributed by atoms with E-state index in [0.717, 1.165) is 35.7 Å². The van der Waals surface area contributed by atoms with E-state index in [-0.39, 0.29) is 6.79 Å². The molecule has 3 rings (SSSR count). The molecule has 0 aromatic heterocycles. The summed E-state index contributed by atoms with van der Waals surface area (Å²) in [6.07, 6.45) is 5.30. The average Bonchev–Trinajstić information content (AvgIpc) is 3.07. The van der Waals surface area contributed by atoms with Crippen molar-refractivity contribution in [3.8, 4) is 17.2 Å². The molecule has 0 bridgehead atoms. The SMILES string of the molecule is COc1c(Br)cc2c(c1C1(N=C=O)CCCC1)OCO2. The smallest absolute Gasteiger partial charge is 0.235 e. The largest absolute Gasteiger partial charge is 0.495 e. The van der Waals surface area contributed by atoms with Crippen LogP contribution in [0.3, 0.4) is 0 Å². The Morgan fingerprint density at radius 3 is 2.80 bits per heavy atom.